The molecule has 0 aliphatic rings. The molecule has 0 aromatic rings. The van der Waals surface area contributed by atoms with Crippen LogP contribution in [0.15, 0.2) is 0 Å². The van der Waals surface area contributed by atoms with Crippen LogP contribution in [-0.4, -0.2) is 19.3 Å². The molecule has 0 saturated carbocycles. The van der Waals surface area contributed by atoms with Crippen molar-refractivity contribution in [2.45, 2.75) is 12.5 Å². The molecule has 0 rings (SSSR count). The Hall–Kier alpha value is -0.590. The summed E-state index contributed by atoms with van der Waals surface area (Å²) < 4.78 is 4.65. The number of rotatable bonds is 2. The molecular formula is C5H10N2O. The Labute approximate surface area is 49.0 Å². The summed E-state index contributed by atoms with van der Waals surface area (Å²) in [6, 6.07) is 1.90. The van der Waals surface area contributed by atoms with Gasteiger partial charge in [-0.05, 0) is 6.92 Å². The van der Waals surface area contributed by atoms with Crippen molar-refractivity contribution in [2.75, 3.05) is 13.7 Å². The SMILES string of the molecule is COC[C@@](C)(N)C#N. The molecule has 3 heteroatoms. The predicted octanol–water partition coefficient (Wildman–Crippen LogP) is -0.126. The fourth-order valence-electron chi connectivity index (χ4n) is 0.332. The molecule has 0 unspecified atom stereocenters. The van der Waals surface area contributed by atoms with E-state index in [1.54, 1.807) is 6.92 Å². The Morgan fingerprint density at radius 2 is 2.38 bits per heavy atom. The second-order valence-electron chi connectivity index (χ2n) is 1.96. The lowest BCUT2D eigenvalue weighted by Crippen LogP contribution is -2.38. The van der Waals surface area contributed by atoms with Gasteiger partial charge in [-0.2, -0.15) is 5.26 Å². The van der Waals surface area contributed by atoms with E-state index in [9.17, 15) is 0 Å². The monoisotopic (exact) mass is 114 g/mol. The van der Waals surface area contributed by atoms with Crippen molar-refractivity contribution in [3.05, 3.63) is 0 Å². The summed E-state index contributed by atoms with van der Waals surface area (Å²) in [4.78, 5) is 0. The molecular weight excluding hydrogens is 104 g/mol. The average Bonchev–Trinajstić information content (AvgIpc) is 1.67. The smallest absolute Gasteiger partial charge is 0.124 e. The van der Waals surface area contributed by atoms with Crippen molar-refractivity contribution in [3.8, 4) is 6.07 Å². The molecule has 0 aliphatic heterocycles. The van der Waals surface area contributed by atoms with E-state index in [4.69, 9.17) is 11.0 Å². The highest BCUT2D eigenvalue weighted by molar-refractivity contribution is 5.00. The van der Waals surface area contributed by atoms with Gasteiger partial charge in [0.05, 0.1) is 12.7 Å². The van der Waals surface area contributed by atoms with Crippen LogP contribution in [-0.2, 0) is 4.74 Å². The van der Waals surface area contributed by atoms with Gasteiger partial charge in [-0.1, -0.05) is 0 Å². The Balaban J connectivity index is 3.59. The molecule has 1 atom stereocenters. The van der Waals surface area contributed by atoms with E-state index in [1.165, 1.54) is 7.11 Å². The number of methoxy groups -OCH3 is 1. The third-order valence-corrected chi connectivity index (χ3v) is 0.700. The van der Waals surface area contributed by atoms with E-state index in [2.05, 4.69) is 4.74 Å². The molecule has 0 aromatic heterocycles. The molecule has 0 spiro atoms. The Kier molecular flexibility index (Phi) is 2.46. The van der Waals surface area contributed by atoms with E-state index in [-0.39, 0.29) is 6.61 Å². The van der Waals surface area contributed by atoms with Crippen LogP contribution in [0, 0.1) is 11.3 Å². The second-order valence-corrected chi connectivity index (χ2v) is 1.96. The van der Waals surface area contributed by atoms with Crippen LogP contribution >= 0.6 is 0 Å². The van der Waals surface area contributed by atoms with E-state index in [1.807, 2.05) is 6.07 Å². The van der Waals surface area contributed by atoms with Crippen LogP contribution in [0.3, 0.4) is 0 Å². The fourth-order valence-corrected chi connectivity index (χ4v) is 0.332. The maximum absolute atomic E-state index is 8.27. The number of nitrogens with zero attached hydrogens (tertiary/aromatic N) is 1. The van der Waals surface area contributed by atoms with E-state index in [0.717, 1.165) is 0 Å². The zero-order valence-electron chi connectivity index (χ0n) is 5.14. The third-order valence-electron chi connectivity index (χ3n) is 0.700. The van der Waals surface area contributed by atoms with Gasteiger partial charge in [-0.25, -0.2) is 0 Å². The number of nitrogens with two attached hydrogens (primary N) is 1. The summed E-state index contributed by atoms with van der Waals surface area (Å²) in [5, 5.41) is 8.27. The largest absolute Gasteiger partial charge is 0.382 e. The number of nitriles is 1. The van der Waals surface area contributed by atoms with Crippen molar-refractivity contribution < 1.29 is 4.74 Å². The molecule has 2 N–H and O–H groups in total. The van der Waals surface area contributed by atoms with Crippen molar-refractivity contribution in [1.82, 2.24) is 0 Å². The second kappa shape index (κ2) is 2.65. The fraction of sp³-hybridized carbons (Fsp3) is 0.800. The lowest BCUT2D eigenvalue weighted by atomic mass is 10.1. The first-order chi connectivity index (χ1) is 3.62. The van der Waals surface area contributed by atoms with Gasteiger partial charge in [0, 0.05) is 7.11 Å². The Bertz CT molecular complexity index is 103. The van der Waals surface area contributed by atoms with Crippen LogP contribution in [0.4, 0.5) is 0 Å². The maximum Gasteiger partial charge on any atom is 0.124 e. The molecule has 0 aliphatic carbocycles. The molecule has 0 heterocycles. The first kappa shape index (κ1) is 7.41. The summed E-state index contributed by atoms with van der Waals surface area (Å²) >= 11 is 0. The normalized spacial score (nSPS) is 16.8. The first-order valence-electron chi connectivity index (χ1n) is 2.31. The minimum Gasteiger partial charge on any atom is -0.382 e. The molecule has 8 heavy (non-hydrogen) atoms. The van der Waals surface area contributed by atoms with Gasteiger partial charge in [0.1, 0.15) is 5.54 Å². The van der Waals surface area contributed by atoms with Gasteiger partial charge < -0.3 is 10.5 Å². The van der Waals surface area contributed by atoms with E-state index >= 15 is 0 Å². The van der Waals surface area contributed by atoms with Gasteiger partial charge >= 0.3 is 0 Å². The molecule has 46 valence electrons. The quantitative estimate of drug-likeness (QED) is 0.544. The minimum absolute atomic E-state index is 0.281. The number of hydrogen-bond acceptors (Lipinski definition) is 3. The average molecular weight is 114 g/mol. The van der Waals surface area contributed by atoms with Crippen LogP contribution in [0.5, 0.6) is 0 Å². The zero-order valence-corrected chi connectivity index (χ0v) is 5.14. The van der Waals surface area contributed by atoms with Crippen LogP contribution < -0.4 is 5.73 Å². The third kappa shape index (κ3) is 2.56. The summed E-state index contributed by atoms with van der Waals surface area (Å²) in [7, 11) is 1.52. The van der Waals surface area contributed by atoms with Crippen LogP contribution in [0.2, 0.25) is 0 Å². The minimum atomic E-state index is -0.825. The number of ether oxygens (including phenoxy) is 1. The summed E-state index contributed by atoms with van der Waals surface area (Å²) in [6.07, 6.45) is 0. The highest BCUT2D eigenvalue weighted by atomic mass is 16.5. The number of hydrogen-bond donors (Lipinski definition) is 1. The van der Waals surface area contributed by atoms with Crippen LogP contribution in [0.1, 0.15) is 6.92 Å². The van der Waals surface area contributed by atoms with E-state index in [0.29, 0.717) is 0 Å². The maximum atomic E-state index is 8.27. The van der Waals surface area contributed by atoms with E-state index < -0.39 is 5.54 Å². The van der Waals surface area contributed by atoms with Crippen molar-refractivity contribution in [3.63, 3.8) is 0 Å². The van der Waals surface area contributed by atoms with Gasteiger partial charge in [0.25, 0.3) is 0 Å². The topological polar surface area (TPSA) is 59.0 Å². The molecule has 0 saturated heterocycles. The van der Waals surface area contributed by atoms with Crippen molar-refractivity contribution in [2.24, 2.45) is 5.73 Å². The molecule has 0 fully saturated rings. The van der Waals surface area contributed by atoms with Crippen LogP contribution in [0.25, 0.3) is 0 Å². The predicted molar refractivity (Wildman–Crippen MR) is 30.1 cm³/mol. The Morgan fingerprint density at radius 3 is 2.50 bits per heavy atom. The first-order valence-corrected chi connectivity index (χ1v) is 2.31. The van der Waals surface area contributed by atoms with Crippen molar-refractivity contribution >= 4 is 0 Å². The standard InChI is InChI=1S/C5H10N2O/c1-5(7,3-6)4-8-2/h4,7H2,1-2H3/t5-/m0/s1. The van der Waals surface area contributed by atoms with Gasteiger partial charge in [-0.15, -0.1) is 0 Å². The Morgan fingerprint density at radius 1 is 1.88 bits per heavy atom. The van der Waals surface area contributed by atoms with Gasteiger partial charge in [0.2, 0.25) is 0 Å². The van der Waals surface area contributed by atoms with Crippen molar-refractivity contribution in [1.29, 1.82) is 5.26 Å². The lowest BCUT2D eigenvalue weighted by molar-refractivity contribution is 0.163. The highest BCUT2D eigenvalue weighted by Gasteiger charge is 2.15. The highest BCUT2D eigenvalue weighted by Crippen LogP contribution is 1.94. The molecule has 0 bridgehead atoms. The molecule has 0 amide bonds. The summed E-state index contributed by atoms with van der Waals surface area (Å²) in [6.45, 7) is 1.90. The molecule has 3 nitrogen and oxygen atoms in total. The lowest BCUT2D eigenvalue weighted by Gasteiger charge is -2.11. The van der Waals surface area contributed by atoms with Gasteiger partial charge in [-0.3, -0.25) is 0 Å². The zero-order chi connectivity index (χ0) is 6.62. The molecule has 0 radical (unpaired) electrons. The molecule has 0 aromatic carbocycles. The summed E-state index contributed by atoms with van der Waals surface area (Å²) in [5.41, 5.74) is 4.52. The van der Waals surface area contributed by atoms with Gasteiger partial charge in [0.15, 0.2) is 0 Å². The summed E-state index contributed by atoms with van der Waals surface area (Å²) in [5.74, 6) is 0.